The molecule has 0 aromatic heterocycles. The number of Topliss-reactive ketones (excluding diaryl/α,β-unsaturated/α-hetero) is 1. The van der Waals surface area contributed by atoms with Crippen molar-refractivity contribution in [1.29, 1.82) is 0 Å². The highest BCUT2D eigenvalue weighted by atomic mass is 19.1. The molecule has 0 atom stereocenters. The fourth-order valence-corrected chi connectivity index (χ4v) is 2.39. The van der Waals surface area contributed by atoms with Gasteiger partial charge >= 0.3 is 5.97 Å². The van der Waals surface area contributed by atoms with Crippen molar-refractivity contribution in [3.63, 3.8) is 0 Å². The third-order valence-electron chi connectivity index (χ3n) is 3.65. The van der Waals surface area contributed by atoms with Gasteiger partial charge in [0.05, 0.1) is 5.56 Å². The Morgan fingerprint density at radius 1 is 0.920 bits per heavy atom. The van der Waals surface area contributed by atoms with Crippen molar-refractivity contribution in [1.82, 2.24) is 0 Å². The van der Waals surface area contributed by atoms with E-state index in [0.717, 1.165) is 23.6 Å². The average molecular weight is 342 g/mol. The van der Waals surface area contributed by atoms with Crippen molar-refractivity contribution >= 4 is 22.5 Å². The molecule has 0 spiro atoms. The summed E-state index contributed by atoms with van der Waals surface area (Å²) >= 11 is 0. The Morgan fingerprint density at radius 2 is 1.60 bits per heavy atom. The van der Waals surface area contributed by atoms with E-state index in [2.05, 4.69) is 0 Å². The average Bonchev–Trinajstić information content (AvgIpc) is 2.60. The number of ketones is 1. The monoisotopic (exact) mass is 342 g/mol. The molecule has 0 fully saturated rings. The quantitative estimate of drug-likeness (QED) is 0.578. The maximum atomic E-state index is 13.5. The maximum Gasteiger partial charge on any atom is 0.342 e. The first-order valence-corrected chi connectivity index (χ1v) is 7.33. The molecule has 4 nitrogen and oxygen atoms in total. The lowest BCUT2D eigenvalue weighted by molar-refractivity contribution is 0.0470. The van der Waals surface area contributed by atoms with E-state index in [1.807, 2.05) is 0 Å². The van der Waals surface area contributed by atoms with Crippen molar-refractivity contribution in [2.24, 2.45) is 0 Å². The van der Waals surface area contributed by atoms with E-state index in [-0.39, 0.29) is 11.3 Å². The molecule has 6 heteroatoms. The van der Waals surface area contributed by atoms with Gasteiger partial charge < -0.3 is 9.84 Å². The van der Waals surface area contributed by atoms with Gasteiger partial charge in [0.2, 0.25) is 5.78 Å². The number of hydrogen-bond donors (Lipinski definition) is 1. The Hall–Kier alpha value is -3.28. The highest BCUT2D eigenvalue weighted by Crippen LogP contribution is 2.25. The van der Waals surface area contributed by atoms with Crippen molar-refractivity contribution < 1.29 is 28.2 Å². The third kappa shape index (κ3) is 3.47. The molecule has 0 unspecified atom stereocenters. The standard InChI is InChI=1S/C19H12F2O4/c20-13-5-6-16(21)14(9-13)18(23)10-25-19(24)15-7-11-3-1-2-4-12(11)8-17(15)22/h1-9,22H,10H2. The van der Waals surface area contributed by atoms with Gasteiger partial charge in [0, 0.05) is 0 Å². The van der Waals surface area contributed by atoms with Crippen LogP contribution in [0.2, 0.25) is 0 Å². The maximum absolute atomic E-state index is 13.5. The van der Waals surface area contributed by atoms with Crippen LogP contribution in [-0.2, 0) is 4.74 Å². The van der Waals surface area contributed by atoms with Gasteiger partial charge in [-0.1, -0.05) is 24.3 Å². The second-order valence-corrected chi connectivity index (χ2v) is 5.34. The zero-order valence-electron chi connectivity index (χ0n) is 12.8. The fourth-order valence-electron chi connectivity index (χ4n) is 2.39. The molecule has 126 valence electrons. The van der Waals surface area contributed by atoms with Crippen LogP contribution in [0.5, 0.6) is 5.75 Å². The number of benzene rings is 3. The molecule has 0 aliphatic rings. The minimum absolute atomic E-state index is 0.119. The lowest BCUT2D eigenvalue weighted by atomic mass is 10.1. The number of aromatic hydroxyl groups is 1. The van der Waals surface area contributed by atoms with E-state index < -0.39 is 35.6 Å². The van der Waals surface area contributed by atoms with Gasteiger partial charge in [-0.05, 0) is 41.1 Å². The number of carbonyl (C=O) groups is 2. The summed E-state index contributed by atoms with van der Waals surface area (Å²) in [5.41, 5.74) is -0.623. The molecule has 0 aliphatic heterocycles. The van der Waals surface area contributed by atoms with Crippen LogP contribution in [0.15, 0.2) is 54.6 Å². The molecule has 25 heavy (non-hydrogen) atoms. The van der Waals surface area contributed by atoms with E-state index in [1.165, 1.54) is 12.1 Å². The van der Waals surface area contributed by atoms with Gasteiger partial charge in [0.25, 0.3) is 0 Å². The highest BCUT2D eigenvalue weighted by molar-refractivity contribution is 6.02. The third-order valence-corrected chi connectivity index (χ3v) is 3.65. The zero-order valence-corrected chi connectivity index (χ0v) is 12.8. The Kier molecular flexibility index (Phi) is 4.43. The highest BCUT2D eigenvalue weighted by Gasteiger charge is 2.18. The van der Waals surface area contributed by atoms with Crippen LogP contribution in [0.3, 0.4) is 0 Å². The molecule has 0 amide bonds. The van der Waals surface area contributed by atoms with Crippen LogP contribution >= 0.6 is 0 Å². The number of phenolic OH excluding ortho intramolecular Hbond substituents is 1. The van der Waals surface area contributed by atoms with Crippen LogP contribution < -0.4 is 0 Å². The van der Waals surface area contributed by atoms with Crippen LogP contribution in [0.1, 0.15) is 20.7 Å². The minimum Gasteiger partial charge on any atom is -0.507 e. The molecule has 0 saturated heterocycles. The molecule has 0 radical (unpaired) electrons. The van der Waals surface area contributed by atoms with Gasteiger partial charge in [-0.15, -0.1) is 0 Å². The first-order valence-electron chi connectivity index (χ1n) is 7.33. The Labute approximate surface area is 141 Å². The SMILES string of the molecule is O=C(OCC(=O)c1cc(F)ccc1F)c1cc2ccccc2cc1O. The van der Waals surface area contributed by atoms with Gasteiger partial charge in [0.1, 0.15) is 22.9 Å². The number of rotatable bonds is 4. The minimum atomic E-state index is -0.937. The first-order chi connectivity index (χ1) is 12.0. The molecule has 3 aromatic carbocycles. The van der Waals surface area contributed by atoms with E-state index in [9.17, 15) is 23.5 Å². The summed E-state index contributed by atoms with van der Waals surface area (Å²) in [6.45, 7) is -0.772. The van der Waals surface area contributed by atoms with E-state index in [0.29, 0.717) is 5.39 Å². The zero-order chi connectivity index (χ0) is 18.0. The lowest BCUT2D eigenvalue weighted by Gasteiger charge is -2.08. The molecule has 3 aromatic rings. The largest absolute Gasteiger partial charge is 0.507 e. The summed E-state index contributed by atoms with van der Waals surface area (Å²) in [6, 6.07) is 12.3. The first kappa shape index (κ1) is 16.6. The number of esters is 1. The van der Waals surface area contributed by atoms with Crippen LogP contribution in [0.4, 0.5) is 8.78 Å². The Balaban J connectivity index is 1.77. The summed E-state index contributed by atoms with van der Waals surface area (Å²) < 4.78 is 31.5. The van der Waals surface area contributed by atoms with Crippen molar-refractivity contribution in [2.75, 3.05) is 6.61 Å². The van der Waals surface area contributed by atoms with Gasteiger partial charge in [-0.25, -0.2) is 13.6 Å². The number of phenols is 1. The molecule has 3 rings (SSSR count). The topological polar surface area (TPSA) is 63.6 Å². The van der Waals surface area contributed by atoms with E-state index in [4.69, 9.17) is 4.74 Å². The number of fused-ring (bicyclic) bond motifs is 1. The van der Waals surface area contributed by atoms with Crippen molar-refractivity contribution in [3.8, 4) is 5.75 Å². The van der Waals surface area contributed by atoms with Crippen LogP contribution in [0, 0.1) is 11.6 Å². The summed E-state index contributed by atoms with van der Waals surface area (Å²) in [6.07, 6.45) is 0. The Morgan fingerprint density at radius 3 is 2.32 bits per heavy atom. The van der Waals surface area contributed by atoms with Gasteiger partial charge in [-0.3, -0.25) is 4.79 Å². The van der Waals surface area contributed by atoms with Crippen molar-refractivity contribution in [2.45, 2.75) is 0 Å². The fraction of sp³-hybridized carbons (Fsp3) is 0.0526. The summed E-state index contributed by atoms with van der Waals surface area (Å²) in [5, 5.41) is 11.4. The van der Waals surface area contributed by atoms with Gasteiger partial charge in [0.15, 0.2) is 6.61 Å². The molecule has 0 aliphatic carbocycles. The molecule has 0 bridgehead atoms. The number of ether oxygens (including phenoxy) is 1. The number of halogens is 2. The lowest BCUT2D eigenvalue weighted by Crippen LogP contribution is -2.15. The number of carbonyl (C=O) groups excluding carboxylic acids is 2. The normalized spacial score (nSPS) is 10.6. The summed E-state index contributed by atoms with van der Waals surface area (Å²) in [4.78, 5) is 24.0. The molecular weight excluding hydrogens is 330 g/mol. The summed E-state index contributed by atoms with van der Waals surface area (Å²) in [7, 11) is 0. The molecule has 1 N–H and O–H groups in total. The predicted molar refractivity (Wildman–Crippen MR) is 86.6 cm³/mol. The smallest absolute Gasteiger partial charge is 0.342 e. The second-order valence-electron chi connectivity index (χ2n) is 5.34. The number of hydrogen-bond acceptors (Lipinski definition) is 4. The molecular formula is C19H12F2O4. The molecule has 0 heterocycles. The van der Waals surface area contributed by atoms with Crippen molar-refractivity contribution in [3.05, 3.63) is 77.4 Å². The summed E-state index contributed by atoms with van der Waals surface area (Å²) in [5.74, 6) is -3.80. The molecule has 0 saturated carbocycles. The van der Waals surface area contributed by atoms with Gasteiger partial charge in [-0.2, -0.15) is 0 Å². The Bertz CT molecular complexity index is 982. The predicted octanol–water partition coefficient (Wildman–Crippen LogP) is 3.86. The van der Waals surface area contributed by atoms with Crippen LogP contribution in [0.25, 0.3) is 10.8 Å². The van der Waals surface area contributed by atoms with E-state index in [1.54, 1.807) is 24.3 Å². The van der Waals surface area contributed by atoms with E-state index >= 15 is 0 Å². The second kappa shape index (κ2) is 6.68. The van der Waals surface area contributed by atoms with Crippen LogP contribution in [-0.4, -0.2) is 23.5 Å².